The second-order valence-corrected chi connectivity index (χ2v) is 9.10. The number of aliphatic hydroxyl groups is 1. The number of aromatic nitrogens is 3. The van der Waals surface area contributed by atoms with E-state index in [0.717, 1.165) is 11.6 Å². The summed E-state index contributed by atoms with van der Waals surface area (Å²) in [4.78, 5) is 21.9. The van der Waals surface area contributed by atoms with E-state index in [0.29, 0.717) is 27.2 Å². The fraction of sp³-hybridized carbons (Fsp3) is 0.200. The molecule has 0 saturated carbocycles. The van der Waals surface area contributed by atoms with Gasteiger partial charge < -0.3 is 15.0 Å². The number of nitrogens with zero attached hydrogens (tertiary/aromatic N) is 4. The molecule has 4 aromatic rings. The largest absolute Gasteiger partial charge is 0.381 e. The van der Waals surface area contributed by atoms with Crippen molar-refractivity contribution in [2.75, 3.05) is 0 Å². The van der Waals surface area contributed by atoms with Gasteiger partial charge in [-0.2, -0.15) is 5.26 Å². The van der Waals surface area contributed by atoms with Gasteiger partial charge in [0.25, 0.3) is 5.91 Å². The Morgan fingerprint density at radius 3 is 2.66 bits per heavy atom. The zero-order valence-electron chi connectivity index (χ0n) is 18.9. The molecule has 2 atom stereocenters. The van der Waals surface area contributed by atoms with Crippen molar-refractivity contribution in [3.8, 4) is 16.6 Å². The smallest absolute Gasteiger partial charge is 0.263 e. The standard InChI is InChI=1S/C25H21F2N5O2S/c1-15-22(35-24(30-15)18-5-3-17(12-28)4-6-18)23(33)31-16(2)25(34,13-32-10-9-29-14-32)20-8-7-19(26)11-21(20)27/h3-11,14,16,34H,13H2,1-2H3,(H,31,33)/t16-,25?/m1/s1. The molecular weight excluding hydrogens is 472 g/mol. The molecule has 0 fully saturated rings. The molecule has 10 heteroatoms. The third kappa shape index (κ3) is 4.96. The molecule has 0 radical (unpaired) electrons. The number of benzene rings is 2. The summed E-state index contributed by atoms with van der Waals surface area (Å²) in [6.07, 6.45) is 4.56. The summed E-state index contributed by atoms with van der Waals surface area (Å²) in [5.41, 5.74) is -0.305. The Labute approximate surface area is 204 Å². The first kappa shape index (κ1) is 24.2. The summed E-state index contributed by atoms with van der Waals surface area (Å²) in [5.74, 6) is -2.19. The lowest BCUT2D eigenvalue weighted by Crippen LogP contribution is -2.51. The Bertz CT molecular complexity index is 1400. The van der Waals surface area contributed by atoms with Crippen molar-refractivity contribution in [3.63, 3.8) is 0 Å². The normalized spacial score (nSPS) is 13.6. The minimum absolute atomic E-state index is 0.130. The van der Waals surface area contributed by atoms with Crippen molar-refractivity contribution in [2.24, 2.45) is 0 Å². The van der Waals surface area contributed by atoms with E-state index >= 15 is 0 Å². The minimum Gasteiger partial charge on any atom is -0.381 e. The zero-order valence-corrected chi connectivity index (χ0v) is 19.7. The number of imidazole rings is 1. The molecule has 2 N–H and O–H groups in total. The number of carbonyl (C=O) groups excluding carboxylic acids is 1. The number of thiazole rings is 1. The highest BCUT2D eigenvalue weighted by atomic mass is 32.1. The summed E-state index contributed by atoms with van der Waals surface area (Å²) >= 11 is 1.17. The van der Waals surface area contributed by atoms with E-state index in [1.165, 1.54) is 29.9 Å². The van der Waals surface area contributed by atoms with Gasteiger partial charge in [0.1, 0.15) is 27.1 Å². The van der Waals surface area contributed by atoms with Crippen molar-refractivity contribution >= 4 is 17.2 Å². The molecule has 0 aliphatic heterocycles. The number of halogens is 2. The highest BCUT2D eigenvalue weighted by molar-refractivity contribution is 7.17. The summed E-state index contributed by atoms with van der Waals surface area (Å²) in [5, 5.41) is 24.0. The molecule has 0 saturated heterocycles. The minimum atomic E-state index is -1.91. The predicted octanol–water partition coefficient (Wildman–Crippen LogP) is 4.17. The Morgan fingerprint density at radius 1 is 1.29 bits per heavy atom. The van der Waals surface area contributed by atoms with Gasteiger partial charge in [0.2, 0.25) is 0 Å². The van der Waals surface area contributed by atoms with Crippen LogP contribution in [0.3, 0.4) is 0 Å². The molecule has 2 heterocycles. The zero-order chi connectivity index (χ0) is 25.2. The van der Waals surface area contributed by atoms with Crippen molar-refractivity contribution in [1.29, 1.82) is 5.26 Å². The van der Waals surface area contributed by atoms with Gasteiger partial charge in [0.05, 0.1) is 36.2 Å². The number of nitrogens with one attached hydrogen (secondary N) is 1. The van der Waals surface area contributed by atoms with Crippen LogP contribution in [-0.4, -0.2) is 31.6 Å². The van der Waals surface area contributed by atoms with Crippen LogP contribution >= 0.6 is 11.3 Å². The van der Waals surface area contributed by atoms with Crippen LogP contribution in [0.2, 0.25) is 0 Å². The van der Waals surface area contributed by atoms with Gasteiger partial charge >= 0.3 is 0 Å². The quantitative estimate of drug-likeness (QED) is 0.402. The second kappa shape index (κ2) is 9.74. The monoisotopic (exact) mass is 493 g/mol. The Hall–Kier alpha value is -3.94. The molecule has 1 unspecified atom stereocenters. The maximum Gasteiger partial charge on any atom is 0.263 e. The Morgan fingerprint density at radius 2 is 2.03 bits per heavy atom. The molecule has 35 heavy (non-hydrogen) atoms. The first-order valence-electron chi connectivity index (χ1n) is 10.6. The fourth-order valence-electron chi connectivity index (χ4n) is 3.75. The van der Waals surface area contributed by atoms with Crippen LogP contribution in [0.25, 0.3) is 10.6 Å². The van der Waals surface area contributed by atoms with E-state index in [9.17, 15) is 18.7 Å². The first-order valence-corrected chi connectivity index (χ1v) is 11.5. The van der Waals surface area contributed by atoms with Crippen molar-refractivity contribution in [3.05, 3.63) is 94.5 Å². The third-order valence-corrected chi connectivity index (χ3v) is 6.91. The van der Waals surface area contributed by atoms with Gasteiger partial charge in [0.15, 0.2) is 0 Å². The van der Waals surface area contributed by atoms with E-state index < -0.39 is 29.2 Å². The molecule has 0 aliphatic carbocycles. The van der Waals surface area contributed by atoms with Crippen LogP contribution in [0.5, 0.6) is 0 Å². The SMILES string of the molecule is Cc1nc(-c2ccc(C#N)cc2)sc1C(=O)N[C@H](C)C(O)(Cn1ccnc1)c1ccc(F)cc1F. The van der Waals surface area contributed by atoms with Crippen LogP contribution in [0.1, 0.15) is 33.4 Å². The van der Waals surface area contributed by atoms with E-state index in [-0.39, 0.29) is 12.1 Å². The number of hydrogen-bond donors (Lipinski definition) is 2. The molecule has 2 aromatic heterocycles. The maximum absolute atomic E-state index is 14.7. The molecule has 178 valence electrons. The molecule has 1 amide bonds. The number of aryl methyl sites for hydroxylation is 1. The van der Waals surface area contributed by atoms with Gasteiger partial charge in [-0.15, -0.1) is 11.3 Å². The molecule has 4 rings (SSSR count). The topological polar surface area (TPSA) is 104 Å². The average molecular weight is 494 g/mol. The molecule has 2 aromatic carbocycles. The van der Waals surface area contributed by atoms with E-state index in [1.807, 2.05) is 0 Å². The number of rotatable bonds is 7. The van der Waals surface area contributed by atoms with Crippen molar-refractivity contribution in [2.45, 2.75) is 32.0 Å². The lowest BCUT2D eigenvalue weighted by molar-refractivity contribution is -0.0157. The molecule has 0 bridgehead atoms. The highest BCUT2D eigenvalue weighted by Gasteiger charge is 2.40. The Balaban J connectivity index is 1.62. The van der Waals surface area contributed by atoms with Crippen molar-refractivity contribution < 1.29 is 18.7 Å². The lowest BCUT2D eigenvalue weighted by atomic mass is 9.86. The van der Waals surface area contributed by atoms with E-state index in [1.54, 1.807) is 48.9 Å². The summed E-state index contributed by atoms with van der Waals surface area (Å²) in [7, 11) is 0. The van der Waals surface area contributed by atoms with Gasteiger partial charge in [-0.05, 0) is 32.0 Å². The third-order valence-electron chi connectivity index (χ3n) is 5.71. The predicted molar refractivity (Wildman–Crippen MR) is 126 cm³/mol. The molecule has 7 nitrogen and oxygen atoms in total. The van der Waals surface area contributed by atoms with Gasteiger partial charge in [-0.1, -0.05) is 18.2 Å². The lowest BCUT2D eigenvalue weighted by Gasteiger charge is -2.35. The van der Waals surface area contributed by atoms with Crippen molar-refractivity contribution in [1.82, 2.24) is 19.9 Å². The maximum atomic E-state index is 14.7. The van der Waals surface area contributed by atoms with Crippen LogP contribution < -0.4 is 5.32 Å². The Kier molecular flexibility index (Phi) is 6.73. The average Bonchev–Trinajstić information content (AvgIpc) is 3.48. The highest BCUT2D eigenvalue weighted by Crippen LogP contribution is 2.32. The van der Waals surface area contributed by atoms with E-state index in [2.05, 4.69) is 21.4 Å². The summed E-state index contributed by atoms with van der Waals surface area (Å²) in [6, 6.07) is 10.8. The van der Waals surface area contributed by atoms with Crippen LogP contribution in [0.15, 0.2) is 61.2 Å². The second-order valence-electron chi connectivity index (χ2n) is 8.10. The number of amides is 1. The summed E-state index contributed by atoms with van der Waals surface area (Å²) < 4.78 is 29.8. The molecular formula is C25H21F2N5O2S. The fourth-order valence-corrected chi connectivity index (χ4v) is 4.73. The number of hydrogen-bond acceptors (Lipinski definition) is 6. The van der Waals surface area contributed by atoms with Gasteiger partial charge in [0, 0.05) is 29.6 Å². The van der Waals surface area contributed by atoms with Gasteiger partial charge in [-0.25, -0.2) is 18.7 Å². The van der Waals surface area contributed by atoms with E-state index in [4.69, 9.17) is 5.26 Å². The number of nitriles is 1. The first-order chi connectivity index (χ1) is 16.7. The summed E-state index contributed by atoms with van der Waals surface area (Å²) in [6.45, 7) is 3.12. The van der Waals surface area contributed by atoms with Crippen LogP contribution in [0, 0.1) is 29.9 Å². The van der Waals surface area contributed by atoms with Crippen LogP contribution in [-0.2, 0) is 12.1 Å². The number of carbonyl (C=O) groups is 1. The molecule has 0 aliphatic rings. The molecule has 0 spiro atoms. The van der Waals surface area contributed by atoms with Gasteiger partial charge in [-0.3, -0.25) is 4.79 Å². The van der Waals surface area contributed by atoms with Crippen LogP contribution in [0.4, 0.5) is 8.78 Å².